The van der Waals surface area contributed by atoms with Gasteiger partial charge in [-0.3, -0.25) is 9.59 Å². The van der Waals surface area contributed by atoms with Gasteiger partial charge in [0, 0.05) is 11.1 Å². The Labute approximate surface area is 116 Å². The zero-order valence-electron chi connectivity index (χ0n) is 11.4. The van der Waals surface area contributed by atoms with E-state index >= 15 is 0 Å². The van der Waals surface area contributed by atoms with Crippen LogP contribution in [0.25, 0.3) is 0 Å². The van der Waals surface area contributed by atoms with Crippen LogP contribution in [0, 0.1) is 12.3 Å². The van der Waals surface area contributed by atoms with Crippen LogP contribution in [0.4, 0.5) is 0 Å². The first kappa shape index (κ1) is 14.0. The fourth-order valence-corrected chi connectivity index (χ4v) is 2.92. The van der Waals surface area contributed by atoms with E-state index in [9.17, 15) is 9.59 Å². The van der Waals surface area contributed by atoms with Crippen molar-refractivity contribution < 1.29 is 14.3 Å². The summed E-state index contributed by atoms with van der Waals surface area (Å²) in [5.41, 5.74) is -0.950. The van der Waals surface area contributed by atoms with Crippen molar-refractivity contribution >= 4 is 23.2 Å². The standard InChI is InChI=1S/C13H18N2O3S/c1-4-9(10-14-7-8(2)19-10)15-11(16)13(5-6-13)12(17)18-3/h7,9H,4-6H2,1-3H3,(H,15,16)/t9-/m0/s1. The molecule has 1 saturated carbocycles. The third-order valence-corrected chi connectivity index (χ3v) is 4.44. The molecule has 19 heavy (non-hydrogen) atoms. The van der Waals surface area contributed by atoms with Crippen molar-refractivity contribution in [2.24, 2.45) is 5.41 Å². The number of aryl methyl sites for hydroxylation is 1. The van der Waals surface area contributed by atoms with Crippen LogP contribution in [0.5, 0.6) is 0 Å². The van der Waals surface area contributed by atoms with E-state index in [2.05, 4.69) is 10.3 Å². The number of aromatic nitrogens is 1. The number of amides is 1. The number of nitrogens with zero attached hydrogens (tertiary/aromatic N) is 1. The molecule has 0 unspecified atom stereocenters. The van der Waals surface area contributed by atoms with Gasteiger partial charge in [0.1, 0.15) is 10.4 Å². The summed E-state index contributed by atoms with van der Waals surface area (Å²) in [5, 5.41) is 3.81. The minimum absolute atomic E-state index is 0.131. The van der Waals surface area contributed by atoms with Crippen LogP contribution in [0.15, 0.2) is 6.20 Å². The molecular formula is C13H18N2O3S. The molecule has 1 fully saturated rings. The highest BCUT2D eigenvalue weighted by molar-refractivity contribution is 7.11. The van der Waals surface area contributed by atoms with Crippen LogP contribution < -0.4 is 5.32 Å². The smallest absolute Gasteiger partial charge is 0.321 e. The van der Waals surface area contributed by atoms with Gasteiger partial charge in [-0.15, -0.1) is 11.3 Å². The van der Waals surface area contributed by atoms with Crippen LogP contribution in [0.3, 0.4) is 0 Å². The summed E-state index contributed by atoms with van der Waals surface area (Å²) in [7, 11) is 1.32. The molecule has 1 aromatic rings. The first-order valence-corrected chi connectivity index (χ1v) is 7.17. The molecule has 104 valence electrons. The summed E-state index contributed by atoms with van der Waals surface area (Å²) in [5.74, 6) is -0.672. The third kappa shape index (κ3) is 2.63. The van der Waals surface area contributed by atoms with Crippen molar-refractivity contribution in [2.45, 2.75) is 39.2 Å². The lowest BCUT2D eigenvalue weighted by molar-refractivity contribution is -0.152. The summed E-state index contributed by atoms with van der Waals surface area (Å²) < 4.78 is 4.71. The van der Waals surface area contributed by atoms with Crippen LogP contribution in [0.2, 0.25) is 0 Å². The maximum absolute atomic E-state index is 12.2. The second-order valence-electron chi connectivity index (χ2n) is 4.82. The number of thiazole rings is 1. The SMILES string of the molecule is CC[C@H](NC(=O)C1(C(=O)OC)CC1)c1ncc(C)s1. The molecule has 0 radical (unpaired) electrons. The van der Waals surface area contributed by atoms with Crippen LogP contribution in [-0.4, -0.2) is 24.0 Å². The molecule has 6 heteroatoms. The molecular weight excluding hydrogens is 264 g/mol. The predicted molar refractivity (Wildman–Crippen MR) is 71.7 cm³/mol. The number of esters is 1. The maximum atomic E-state index is 12.2. The van der Waals surface area contributed by atoms with Gasteiger partial charge in [0.2, 0.25) is 5.91 Å². The quantitative estimate of drug-likeness (QED) is 0.662. The van der Waals surface area contributed by atoms with E-state index in [4.69, 9.17) is 4.74 Å². The number of carbonyl (C=O) groups is 2. The normalized spacial score (nSPS) is 17.6. The second kappa shape index (κ2) is 5.28. The van der Waals surface area contributed by atoms with E-state index in [1.165, 1.54) is 7.11 Å². The maximum Gasteiger partial charge on any atom is 0.321 e. The van der Waals surface area contributed by atoms with Crippen molar-refractivity contribution in [3.8, 4) is 0 Å². The van der Waals surface area contributed by atoms with Gasteiger partial charge in [0.15, 0.2) is 0 Å². The van der Waals surface area contributed by atoms with Crippen LogP contribution in [0.1, 0.15) is 42.1 Å². The average molecular weight is 282 g/mol. The van der Waals surface area contributed by atoms with E-state index in [0.29, 0.717) is 12.8 Å². The number of hydrogen-bond donors (Lipinski definition) is 1. The zero-order valence-corrected chi connectivity index (χ0v) is 12.2. The number of ether oxygens (including phenoxy) is 1. The van der Waals surface area contributed by atoms with E-state index in [1.54, 1.807) is 17.5 Å². The number of methoxy groups -OCH3 is 1. The highest BCUT2D eigenvalue weighted by Crippen LogP contribution is 2.47. The molecule has 1 aliphatic carbocycles. The van der Waals surface area contributed by atoms with Gasteiger partial charge in [-0.25, -0.2) is 4.98 Å². The molecule has 1 atom stereocenters. The van der Waals surface area contributed by atoms with Crippen molar-refractivity contribution in [1.29, 1.82) is 0 Å². The first-order valence-electron chi connectivity index (χ1n) is 6.35. The van der Waals surface area contributed by atoms with Crippen LogP contribution in [-0.2, 0) is 14.3 Å². The molecule has 0 bridgehead atoms. The molecule has 0 spiro atoms. The van der Waals surface area contributed by atoms with Gasteiger partial charge in [-0.1, -0.05) is 6.92 Å². The van der Waals surface area contributed by atoms with Gasteiger partial charge in [-0.2, -0.15) is 0 Å². The van der Waals surface area contributed by atoms with Gasteiger partial charge in [-0.05, 0) is 26.2 Å². The van der Waals surface area contributed by atoms with Crippen molar-refractivity contribution in [2.75, 3.05) is 7.11 Å². The summed E-state index contributed by atoms with van der Waals surface area (Å²) >= 11 is 1.57. The van der Waals surface area contributed by atoms with Gasteiger partial charge in [0.05, 0.1) is 13.2 Å². The minimum atomic E-state index is -0.950. The average Bonchev–Trinajstić information content (AvgIpc) is 3.12. The van der Waals surface area contributed by atoms with Crippen molar-refractivity contribution in [3.05, 3.63) is 16.1 Å². The lowest BCUT2D eigenvalue weighted by Gasteiger charge is -2.18. The Balaban J connectivity index is 2.07. The molecule has 1 heterocycles. The monoisotopic (exact) mass is 282 g/mol. The Kier molecular flexibility index (Phi) is 3.89. The van der Waals surface area contributed by atoms with Crippen molar-refractivity contribution in [3.63, 3.8) is 0 Å². The fourth-order valence-electron chi connectivity index (χ4n) is 2.01. The molecule has 0 aliphatic heterocycles. The fraction of sp³-hybridized carbons (Fsp3) is 0.615. The Morgan fingerprint density at radius 1 is 1.58 bits per heavy atom. The molecule has 1 N–H and O–H groups in total. The van der Waals surface area contributed by atoms with Crippen molar-refractivity contribution in [1.82, 2.24) is 10.3 Å². The van der Waals surface area contributed by atoms with E-state index in [-0.39, 0.29) is 11.9 Å². The van der Waals surface area contributed by atoms with E-state index < -0.39 is 11.4 Å². The summed E-state index contributed by atoms with van der Waals surface area (Å²) in [4.78, 5) is 29.3. The molecule has 1 aliphatic rings. The van der Waals surface area contributed by atoms with E-state index in [0.717, 1.165) is 16.3 Å². The highest BCUT2D eigenvalue weighted by atomic mass is 32.1. The third-order valence-electron chi connectivity index (χ3n) is 3.41. The summed E-state index contributed by atoms with van der Waals surface area (Å²) in [6, 6.07) is -0.131. The van der Waals surface area contributed by atoms with Gasteiger partial charge >= 0.3 is 5.97 Å². The Morgan fingerprint density at radius 2 is 2.26 bits per heavy atom. The highest BCUT2D eigenvalue weighted by Gasteiger charge is 2.58. The minimum Gasteiger partial charge on any atom is -0.468 e. The lowest BCUT2D eigenvalue weighted by atomic mass is 10.1. The summed E-state index contributed by atoms with van der Waals surface area (Å²) in [6.45, 7) is 3.96. The lowest BCUT2D eigenvalue weighted by Crippen LogP contribution is -2.39. The van der Waals surface area contributed by atoms with Gasteiger partial charge in [0.25, 0.3) is 0 Å². The van der Waals surface area contributed by atoms with Crippen LogP contribution >= 0.6 is 11.3 Å². The first-order chi connectivity index (χ1) is 9.03. The molecule has 0 saturated heterocycles. The molecule has 2 rings (SSSR count). The Hall–Kier alpha value is -1.43. The number of carbonyl (C=O) groups excluding carboxylic acids is 2. The molecule has 1 aromatic heterocycles. The van der Waals surface area contributed by atoms with Gasteiger partial charge < -0.3 is 10.1 Å². The molecule has 5 nitrogen and oxygen atoms in total. The topological polar surface area (TPSA) is 68.3 Å². The number of nitrogens with one attached hydrogen (secondary N) is 1. The second-order valence-corrected chi connectivity index (χ2v) is 6.08. The Morgan fingerprint density at radius 3 is 2.68 bits per heavy atom. The number of hydrogen-bond acceptors (Lipinski definition) is 5. The van der Waals surface area contributed by atoms with E-state index in [1.807, 2.05) is 13.8 Å². The zero-order chi connectivity index (χ0) is 14.0. The Bertz CT molecular complexity index is 494. The predicted octanol–water partition coefficient (Wildman–Crippen LogP) is 1.97. The summed E-state index contributed by atoms with van der Waals surface area (Å²) in [6.07, 6.45) is 3.68. The molecule has 1 amide bonds. The molecule has 0 aromatic carbocycles. The number of rotatable bonds is 5. The largest absolute Gasteiger partial charge is 0.468 e.